The predicted molar refractivity (Wildman–Crippen MR) is 80.8 cm³/mol. The largest absolute Gasteiger partial charge is 0.467 e. The van der Waals surface area contributed by atoms with Crippen molar-refractivity contribution in [3.05, 3.63) is 54.7 Å². The standard InChI is InChI=1S/C15H15N5O/c1-16-15-19-13(11-4-2-6-17-9-11)8-14(20-15)18-10-12-5-3-7-21-12/h2-9H,10H2,1H3,(H2,16,18,19,20). The second-order valence-electron chi connectivity index (χ2n) is 4.39. The molecule has 0 fully saturated rings. The molecule has 0 aliphatic heterocycles. The van der Waals surface area contributed by atoms with Gasteiger partial charge in [-0.25, -0.2) is 4.98 Å². The molecule has 0 unspecified atom stereocenters. The maximum Gasteiger partial charge on any atom is 0.224 e. The third kappa shape index (κ3) is 3.17. The van der Waals surface area contributed by atoms with E-state index in [2.05, 4.69) is 25.6 Å². The summed E-state index contributed by atoms with van der Waals surface area (Å²) in [6.07, 6.45) is 5.16. The van der Waals surface area contributed by atoms with E-state index in [-0.39, 0.29) is 0 Å². The molecule has 0 saturated heterocycles. The first-order valence-electron chi connectivity index (χ1n) is 6.58. The van der Waals surface area contributed by atoms with Gasteiger partial charge in [-0.05, 0) is 24.3 Å². The van der Waals surface area contributed by atoms with Crippen LogP contribution in [0.5, 0.6) is 0 Å². The molecule has 3 rings (SSSR count). The summed E-state index contributed by atoms with van der Waals surface area (Å²) in [4.78, 5) is 12.9. The van der Waals surface area contributed by atoms with Crippen molar-refractivity contribution in [2.24, 2.45) is 0 Å². The molecule has 0 saturated carbocycles. The molecule has 106 valence electrons. The van der Waals surface area contributed by atoms with Crippen molar-refractivity contribution in [1.29, 1.82) is 0 Å². The zero-order valence-electron chi connectivity index (χ0n) is 11.6. The topological polar surface area (TPSA) is 75.9 Å². The fourth-order valence-corrected chi connectivity index (χ4v) is 1.90. The molecule has 0 spiro atoms. The van der Waals surface area contributed by atoms with Crippen LogP contribution in [0.1, 0.15) is 5.76 Å². The Labute approximate surface area is 122 Å². The van der Waals surface area contributed by atoms with Gasteiger partial charge >= 0.3 is 0 Å². The van der Waals surface area contributed by atoms with E-state index < -0.39 is 0 Å². The van der Waals surface area contributed by atoms with Gasteiger partial charge in [0.1, 0.15) is 11.6 Å². The SMILES string of the molecule is CNc1nc(NCc2ccco2)cc(-c2cccnc2)n1. The van der Waals surface area contributed by atoms with Crippen LogP contribution < -0.4 is 10.6 Å². The lowest BCUT2D eigenvalue weighted by atomic mass is 10.2. The second-order valence-corrected chi connectivity index (χ2v) is 4.39. The predicted octanol–water partition coefficient (Wildman–Crippen LogP) is 2.79. The van der Waals surface area contributed by atoms with Crippen LogP contribution >= 0.6 is 0 Å². The van der Waals surface area contributed by atoms with Crippen LogP contribution in [0.4, 0.5) is 11.8 Å². The number of hydrogen-bond acceptors (Lipinski definition) is 6. The molecule has 0 atom stereocenters. The molecule has 3 aromatic rings. The molecule has 3 heterocycles. The molecule has 0 aromatic carbocycles. The zero-order valence-corrected chi connectivity index (χ0v) is 11.6. The molecule has 0 aliphatic rings. The van der Waals surface area contributed by atoms with Crippen molar-refractivity contribution < 1.29 is 4.42 Å². The van der Waals surface area contributed by atoms with E-state index in [1.807, 2.05) is 30.3 Å². The van der Waals surface area contributed by atoms with Crippen LogP contribution in [0.15, 0.2) is 53.4 Å². The third-order valence-electron chi connectivity index (χ3n) is 2.93. The smallest absolute Gasteiger partial charge is 0.224 e. The zero-order chi connectivity index (χ0) is 14.5. The first-order valence-corrected chi connectivity index (χ1v) is 6.58. The van der Waals surface area contributed by atoms with E-state index in [0.29, 0.717) is 12.5 Å². The van der Waals surface area contributed by atoms with Crippen LogP contribution in [-0.4, -0.2) is 22.0 Å². The molecule has 0 aliphatic carbocycles. The first kappa shape index (κ1) is 13.1. The minimum absolute atomic E-state index is 0.554. The van der Waals surface area contributed by atoms with Crippen molar-refractivity contribution in [2.45, 2.75) is 6.54 Å². The molecule has 0 bridgehead atoms. The fourth-order valence-electron chi connectivity index (χ4n) is 1.90. The van der Waals surface area contributed by atoms with Crippen molar-refractivity contribution in [2.75, 3.05) is 17.7 Å². The fraction of sp³-hybridized carbons (Fsp3) is 0.133. The summed E-state index contributed by atoms with van der Waals surface area (Å²) in [6.45, 7) is 0.569. The van der Waals surface area contributed by atoms with Crippen LogP contribution in [0, 0.1) is 0 Å². The summed E-state index contributed by atoms with van der Waals surface area (Å²) in [5.74, 6) is 2.13. The maximum absolute atomic E-state index is 5.30. The Hall–Kier alpha value is -2.89. The third-order valence-corrected chi connectivity index (χ3v) is 2.93. The lowest BCUT2D eigenvalue weighted by Gasteiger charge is -2.09. The Morgan fingerprint density at radius 2 is 2.14 bits per heavy atom. The minimum atomic E-state index is 0.554. The van der Waals surface area contributed by atoms with Gasteiger partial charge in [0.05, 0.1) is 18.5 Å². The van der Waals surface area contributed by atoms with Crippen LogP contribution in [0.3, 0.4) is 0 Å². The van der Waals surface area contributed by atoms with Gasteiger partial charge in [0.25, 0.3) is 0 Å². The Balaban J connectivity index is 1.86. The van der Waals surface area contributed by atoms with Gasteiger partial charge in [-0.2, -0.15) is 4.98 Å². The molecule has 2 N–H and O–H groups in total. The highest BCUT2D eigenvalue weighted by Gasteiger charge is 2.06. The Kier molecular flexibility index (Phi) is 3.77. The van der Waals surface area contributed by atoms with Gasteiger partial charge in [-0.1, -0.05) is 0 Å². The number of furan rings is 1. The van der Waals surface area contributed by atoms with Crippen LogP contribution in [0.2, 0.25) is 0 Å². The highest BCUT2D eigenvalue weighted by Crippen LogP contribution is 2.20. The van der Waals surface area contributed by atoms with Gasteiger partial charge < -0.3 is 15.1 Å². The lowest BCUT2D eigenvalue weighted by Crippen LogP contribution is -2.05. The van der Waals surface area contributed by atoms with Gasteiger partial charge in [-0.3, -0.25) is 4.98 Å². The maximum atomic E-state index is 5.30. The van der Waals surface area contributed by atoms with E-state index in [9.17, 15) is 0 Å². The van der Waals surface area contributed by atoms with Crippen LogP contribution in [-0.2, 0) is 6.54 Å². The lowest BCUT2D eigenvalue weighted by molar-refractivity contribution is 0.518. The molecule has 3 aromatic heterocycles. The number of nitrogens with zero attached hydrogens (tertiary/aromatic N) is 3. The summed E-state index contributed by atoms with van der Waals surface area (Å²) in [7, 11) is 1.79. The monoisotopic (exact) mass is 281 g/mol. The molecular formula is C15H15N5O. The normalized spacial score (nSPS) is 10.3. The van der Waals surface area contributed by atoms with Crippen molar-refractivity contribution in [1.82, 2.24) is 15.0 Å². The molecule has 0 radical (unpaired) electrons. The molecule has 6 nitrogen and oxygen atoms in total. The van der Waals surface area contributed by atoms with Crippen molar-refractivity contribution in [3.63, 3.8) is 0 Å². The van der Waals surface area contributed by atoms with Crippen LogP contribution in [0.25, 0.3) is 11.3 Å². The van der Waals surface area contributed by atoms with Gasteiger partial charge in [0.2, 0.25) is 5.95 Å². The average molecular weight is 281 g/mol. The Morgan fingerprint density at radius 1 is 1.19 bits per heavy atom. The number of nitrogens with one attached hydrogen (secondary N) is 2. The molecule has 21 heavy (non-hydrogen) atoms. The number of anilines is 2. The summed E-state index contributed by atoms with van der Waals surface area (Å²) in [5.41, 5.74) is 1.75. The van der Waals surface area contributed by atoms with E-state index in [1.165, 1.54) is 0 Å². The van der Waals surface area contributed by atoms with E-state index in [1.54, 1.807) is 25.7 Å². The minimum Gasteiger partial charge on any atom is -0.467 e. The Bertz CT molecular complexity index is 697. The number of aromatic nitrogens is 3. The summed E-state index contributed by atoms with van der Waals surface area (Å²) in [5, 5.41) is 6.19. The number of rotatable bonds is 5. The van der Waals surface area contributed by atoms with Crippen molar-refractivity contribution in [3.8, 4) is 11.3 Å². The van der Waals surface area contributed by atoms with Gasteiger partial charge in [-0.15, -0.1) is 0 Å². The summed E-state index contributed by atoms with van der Waals surface area (Å²) < 4.78 is 5.30. The van der Waals surface area contributed by atoms with Gasteiger partial charge in [0.15, 0.2) is 0 Å². The average Bonchev–Trinajstić information content (AvgIpc) is 3.07. The number of hydrogen-bond donors (Lipinski definition) is 2. The van der Waals surface area contributed by atoms with Gasteiger partial charge in [0, 0.05) is 31.1 Å². The first-order chi connectivity index (χ1) is 10.3. The molecule has 6 heteroatoms. The quantitative estimate of drug-likeness (QED) is 0.749. The van der Waals surface area contributed by atoms with Crippen molar-refractivity contribution >= 4 is 11.8 Å². The van der Waals surface area contributed by atoms with E-state index >= 15 is 0 Å². The number of pyridine rings is 1. The molecule has 0 amide bonds. The van der Waals surface area contributed by atoms with E-state index in [0.717, 1.165) is 22.8 Å². The highest BCUT2D eigenvalue weighted by atomic mass is 16.3. The highest BCUT2D eigenvalue weighted by molar-refractivity contribution is 5.63. The summed E-state index contributed by atoms with van der Waals surface area (Å²) in [6, 6.07) is 9.50. The Morgan fingerprint density at radius 3 is 2.86 bits per heavy atom. The summed E-state index contributed by atoms with van der Waals surface area (Å²) >= 11 is 0. The second kappa shape index (κ2) is 6.04. The molecular weight excluding hydrogens is 266 g/mol. The van der Waals surface area contributed by atoms with E-state index in [4.69, 9.17) is 4.42 Å².